The van der Waals surface area contributed by atoms with E-state index in [2.05, 4.69) is 0 Å². The van der Waals surface area contributed by atoms with Crippen LogP contribution in [0.4, 0.5) is 11.4 Å². The first-order valence-electron chi connectivity index (χ1n) is 6.75. The van der Waals surface area contributed by atoms with Gasteiger partial charge in [-0.15, -0.1) is 0 Å². The summed E-state index contributed by atoms with van der Waals surface area (Å²) in [5.41, 5.74) is 1.17. The number of anilines is 1. The molecule has 1 heterocycles. The number of aliphatic hydroxyl groups is 1. The quantitative estimate of drug-likeness (QED) is 0.679. The summed E-state index contributed by atoms with van der Waals surface area (Å²) in [7, 11) is 0. The number of nitro benzene ring substituents is 1. The van der Waals surface area contributed by atoms with E-state index in [0.29, 0.717) is 24.3 Å². The average Bonchev–Trinajstić information content (AvgIpc) is 2.36. The van der Waals surface area contributed by atoms with Crippen LogP contribution < -0.4 is 4.90 Å². The average molecular weight is 280 g/mol. The van der Waals surface area contributed by atoms with Gasteiger partial charge in [0.1, 0.15) is 5.69 Å². The Kier molecular flexibility index (Phi) is 4.25. The molecule has 0 spiro atoms. The first-order chi connectivity index (χ1) is 9.38. The van der Waals surface area contributed by atoms with Crippen molar-refractivity contribution in [3.63, 3.8) is 0 Å². The molecule has 3 atom stereocenters. The normalized spacial score (nSPS) is 24.5. The lowest BCUT2D eigenvalue weighted by molar-refractivity contribution is -0.384. The second-order valence-electron chi connectivity index (χ2n) is 5.34. The molecule has 1 saturated heterocycles. The van der Waals surface area contributed by atoms with E-state index in [0.717, 1.165) is 0 Å². The molecule has 6 heteroatoms. The number of hydrogen-bond donors (Lipinski definition) is 1. The molecule has 2 rings (SSSR count). The molecule has 0 aromatic heterocycles. The van der Waals surface area contributed by atoms with Crippen LogP contribution in [0.1, 0.15) is 32.4 Å². The van der Waals surface area contributed by atoms with Gasteiger partial charge >= 0.3 is 0 Å². The van der Waals surface area contributed by atoms with Crippen LogP contribution in [0.25, 0.3) is 0 Å². The Hall–Kier alpha value is -1.66. The third-order valence-corrected chi connectivity index (χ3v) is 3.44. The zero-order valence-electron chi connectivity index (χ0n) is 11.9. The minimum absolute atomic E-state index is 0.0321. The van der Waals surface area contributed by atoms with Crippen molar-refractivity contribution in [2.75, 3.05) is 18.0 Å². The van der Waals surface area contributed by atoms with Crippen molar-refractivity contribution in [2.45, 2.75) is 39.1 Å². The third-order valence-electron chi connectivity index (χ3n) is 3.44. The highest BCUT2D eigenvalue weighted by Gasteiger charge is 2.27. The minimum Gasteiger partial charge on any atom is -0.389 e. The van der Waals surface area contributed by atoms with Crippen LogP contribution in [0.2, 0.25) is 0 Å². The van der Waals surface area contributed by atoms with Crippen molar-refractivity contribution < 1.29 is 14.8 Å². The number of nitro groups is 1. The Morgan fingerprint density at radius 2 is 2.00 bits per heavy atom. The second-order valence-corrected chi connectivity index (χ2v) is 5.34. The van der Waals surface area contributed by atoms with Gasteiger partial charge in [-0.2, -0.15) is 0 Å². The predicted molar refractivity (Wildman–Crippen MR) is 76.0 cm³/mol. The number of benzene rings is 1. The van der Waals surface area contributed by atoms with Crippen LogP contribution in [0, 0.1) is 10.1 Å². The highest BCUT2D eigenvalue weighted by Crippen LogP contribution is 2.32. The Bertz CT molecular complexity index is 494. The molecule has 1 aromatic rings. The van der Waals surface area contributed by atoms with Gasteiger partial charge in [0.05, 0.1) is 23.2 Å². The van der Waals surface area contributed by atoms with Gasteiger partial charge in [-0.3, -0.25) is 10.1 Å². The van der Waals surface area contributed by atoms with Crippen molar-refractivity contribution in [1.82, 2.24) is 0 Å². The molecule has 0 amide bonds. The summed E-state index contributed by atoms with van der Waals surface area (Å²) in [6, 6.07) is 4.90. The lowest BCUT2D eigenvalue weighted by Gasteiger charge is -2.36. The lowest BCUT2D eigenvalue weighted by Crippen LogP contribution is -2.45. The molecule has 20 heavy (non-hydrogen) atoms. The summed E-state index contributed by atoms with van der Waals surface area (Å²) >= 11 is 0. The predicted octanol–water partition coefficient (Wildman–Crippen LogP) is 2.26. The molecule has 1 aliphatic heterocycles. The smallest absolute Gasteiger partial charge is 0.292 e. The summed E-state index contributed by atoms with van der Waals surface area (Å²) in [6.07, 6.45) is -0.644. The highest BCUT2D eigenvalue weighted by molar-refractivity contribution is 5.65. The van der Waals surface area contributed by atoms with Crippen molar-refractivity contribution in [1.29, 1.82) is 0 Å². The molecular formula is C14H20N2O4. The van der Waals surface area contributed by atoms with Crippen molar-refractivity contribution >= 4 is 11.4 Å². The zero-order chi connectivity index (χ0) is 14.9. The van der Waals surface area contributed by atoms with Gasteiger partial charge in [-0.1, -0.05) is 6.07 Å². The van der Waals surface area contributed by atoms with Crippen LogP contribution in [0.3, 0.4) is 0 Å². The number of aliphatic hydroxyl groups excluding tert-OH is 1. The number of nitrogens with zero attached hydrogens (tertiary/aromatic N) is 2. The first-order valence-corrected chi connectivity index (χ1v) is 6.75. The highest BCUT2D eigenvalue weighted by atomic mass is 16.6. The zero-order valence-corrected chi connectivity index (χ0v) is 11.9. The van der Waals surface area contributed by atoms with Crippen LogP contribution in [0.15, 0.2) is 18.2 Å². The molecule has 110 valence electrons. The molecule has 1 fully saturated rings. The standard InChI is InChI=1S/C14H20N2O4/c1-9-7-15(8-10(2)20-9)13-5-4-12(11(3)17)6-14(13)16(18)19/h4-6,9-11,17H,7-8H2,1-3H3/t9?,10?,11-/m0/s1. The number of ether oxygens (including phenoxy) is 1. The maximum absolute atomic E-state index is 11.3. The number of hydrogen-bond acceptors (Lipinski definition) is 5. The first kappa shape index (κ1) is 14.7. The Balaban J connectivity index is 2.37. The fourth-order valence-electron chi connectivity index (χ4n) is 2.59. The molecule has 0 saturated carbocycles. The third kappa shape index (κ3) is 3.08. The van der Waals surface area contributed by atoms with E-state index in [4.69, 9.17) is 4.74 Å². The number of morpholine rings is 1. The van der Waals surface area contributed by atoms with Crippen molar-refractivity contribution in [2.24, 2.45) is 0 Å². The molecular weight excluding hydrogens is 260 g/mol. The van der Waals surface area contributed by atoms with Crippen LogP contribution in [-0.4, -0.2) is 35.3 Å². The lowest BCUT2D eigenvalue weighted by atomic mass is 10.1. The van der Waals surface area contributed by atoms with E-state index in [1.165, 1.54) is 6.07 Å². The molecule has 0 radical (unpaired) electrons. The maximum atomic E-state index is 11.3. The van der Waals surface area contributed by atoms with Gasteiger partial charge in [0, 0.05) is 19.2 Å². The summed E-state index contributed by atoms with van der Waals surface area (Å²) in [6.45, 7) is 6.76. The van der Waals surface area contributed by atoms with Crippen LogP contribution in [0.5, 0.6) is 0 Å². The fourth-order valence-corrected chi connectivity index (χ4v) is 2.59. The summed E-state index contributed by atoms with van der Waals surface area (Å²) in [5, 5.41) is 20.8. The monoisotopic (exact) mass is 280 g/mol. The fraction of sp³-hybridized carbons (Fsp3) is 0.571. The SMILES string of the molecule is CC1CN(c2ccc([C@H](C)O)cc2[N+](=O)[O-])CC(C)O1. The van der Waals surface area contributed by atoms with E-state index in [9.17, 15) is 15.2 Å². The van der Waals surface area contributed by atoms with Crippen molar-refractivity contribution in [3.8, 4) is 0 Å². The molecule has 1 N–H and O–H groups in total. The molecule has 6 nitrogen and oxygen atoms in total. The topological polar surface area (TPSA) is 75.8 Å². The van der Waals surface area contributed by atoms with Gasteiger partial charge in [-0.05, 0) is 32.4 Å². The van der Waals surface area contributed by atoms with E-state index < -0.39 is 11.0 Å². The van der Waals surface area contributed by atoms with Gasteiger partial charge in [0.25, 0.3) is 5.69 Å². The Morgan fingerprint density at radius 1 is 1.40 bits per heavy atom. The molecule has 1 aliphatic rings. The van der Waals surface area contributed by atoms with Crippen LogP contribution in [-0.2, 0) is 4.74 Å². The summed E-state index contributed by atoms with van der Waals surface area (Å²) in [5.74, 6) is 0. The molecule has 2 unspecified atom stereocenters. The van der Waals surface area contributed by atoms with E-state index in [1.54, 1.807) is 19.1 Å². The largest absolute Gasteiger partial charge is 0.389 e. The Morgan fingerprint density at radius 3 is 2.50 bits per heavy atom. The summed E-state index contributed by atoms with van der Waals surface area (Å²) in [4.78, 5) is 12.8. The van der Waals surface area contributed by atoms with Crippen molar-refractivity contribution in [3.05, 3.63) is 33.9 Å². The van der Waals surface area contributed by atoms with E-state index in [1.807, 2.05) is 18.7 Å². The summed E-state index contributed by atoms with van der Waals surface area (Å²) < 4.78 is 5.65. The Labute approximate surface area is 118 Å². The maximum Gasteiger partial charge on any atom is 0.292 e. The molecule has 0 aliphatic carbocycles. The van der Waals surface area contributed by atoms with Gasteiger partial charge < -0.3 is 14.7 Å². The van der Waals surface area contributed by atoms with Gasteiger partial charge in [-0.25, -0.2) is 0 Å². The van der Waals surface area contributed by atoms with E-state index in [-0.39, 0.29) is 17.9 Å². The van der Waals surface area contributed by atoms with Gasteiger partial charge in [0.2, 0.25) is 0 Å². The van der Waals surface area contributed by atoms with E-state index >= 15 is 0 Å². The second kappa shape index (κ2) is 5.76. The minimum atomic E-state index is -0.717. The van der Waals surface area contributed by atoms with Gasteiger partial charge in [0.15, 0.2) is 0 Å². The number of rotatable bonds is 3. The molecule has 1 aromatic carbocycles. The molecule has 0 bridgehead atoms. The van der Waals surface area contributed by atoms with Crippen LogP contribution >= 0.6 is 0 Å².